The van der Waals surface area contributed by atoms with E-state index in [4.69, 9.17) is 0 Å². The molecule has 7 nitrogen and oxygen atoms in total. The molecular formula is C19H19N3O4S. The number of carbonyl (C=O) groups excluding carboxylic acids is 2. The number of hydrogen-bond acceptors (Lipinski definition) is 4. The minimum Gasteiger partial charge on any atom is -0.349 e. The molecule has 0 unspecified atom stereocenters. The van der Waals surface area contributed by atoms with Gasteiger partial charge in [-0.3, -0.25) is 14.3 Å². The molecule has 4 rings (SSSR count). The van der Waals surface area contributed by atoms with E-state index in [0.29, 0.717) is 22.5 Å². The number of benzene rings is 2. The molecule has 2 amide bonds. The zero-order chi connectivity index (χ0) is 19.2. The molecule has 1 fully saturated rings. The third-order valence-corrected chi connectivity index (χ3v) is 6.12. The van der Waals surface area contributed by atoms with Crippen molar-refractivity contribution in [2.24, 2.45) is 0 Å². The summed E-state index contributed by atoms with van der Waals surface area (Å²) in [6.45, 7) is 1.73. The molecule has 1 atom stereocenters. The number of anilines is 2. The van der Waals surface area contributed by atoms with Crippen LogP contribution in [0.25, 0.3) is 0 Å². The maximum atomic E-state index is 12.7. The fourth-order valence-electron chi connectivity index (χ4n) is 3.00. The molecule has 2 aliphatic rings. The summed E-state index contributed by atoms with van der Waals surface area (Å²) in [5.74, 6) is -0.763. The molecule has 0 radical (unpaired) electrons. The maximum absolute atomic E-state index is 12.7. The minimum atomic E-state index is -3.85. The third-order valence-electron chi connectivity index (χ3n) is 4.74. The first kappa shape index (κ1) is 17.5. The van der Waals surface area contributed by atoms with Crippen LogP contribution in [0.1, 0.15) is 41.6 Å². The fourth-order valence-corrected chi connectivity index (χ4v) is 4.08. The van der Waals surface area contributed by atoms with Crippen molar-refractivity contribution in [1.29, 1.82) is 0 Å². The van der Waals surface area contributed by atoms with Crippen molar-refractivity contribution in [2.75, 3.05) is 10.0 Å². The lowest BCUT2D eigenvalue weighted by molar-refractivity contribution is -0.116. The highest BCUT2D eigenvalue weighted by molar-refractivity contribution is 7.92. The van der Waals surface area contributed by atoms with Crippen LogP contribution >= 0.6 is 0 Å². The molecule has 27 heavy (non-hydrogen) atoms. The Bertz CT molecular complexity index is 1040. The van der Waals surface area contributed by atoms with E-state index in [1.54, 1.807) is 31.2 Å². The second-order valence-corrected chi connectivity index (χ2v) is 8.58. The highest BCUT2D eigenvalue weighted by Gasteiger charge is 2.28. The van der Waals surface area contributed by atoms with Crippen molar-refractivity contribution in [1.82, 2.24) is 5.32 Å². The highest BCUT2D eigenvalue weighted by atomic mass is 32.2. The van der Waals surface area contributed by atoms with E-state index >= 15 is 0 Å². The lowest BCUT2D eigenvalue weighted by atomic mass is 10.0. The SMILES string of the molecule is C[C@@H]1C(=O)Nc2ccc(S(=O)(=O)Nc3cccc(C(=O)NC4CC4)c3)cc21. The maximum Gasteiger partial charge on any atom is 0.261 e. The monoisotopic (exact) mass is 385 g/mol. The molecule has 140 valence electrons. The van der Waals surface area contributed by atoms with Crippen molar-refractivity contribution in [3.05, 3.63) is 53.6 Å². The smallest absolute Gasteiger partial charge is 0.261 e. The first-order valence-corrected chi connectivity index (χ1v) is 10.2. The Morgan fingerprint density at radius 1 is 1.15 bits per heavy atom. The number of hydrogen-bond donors (Lipinski definition) is 3. The van der Waals surface area contributed by atoms with E-state index in [1.165, 1.54) is 18.2 Å². The summed E-state index contributed by atoms with van der Waals surface area (Å²) in [6.07, 6.45) is 1.96. The van der Waals surface area contributed by atoms with Crippen molar-refractivity contribution in [3.63, 3.8) is 0 Å². The fraction of sp³-hybridized carbons (Fsp3) is 0.263. The number of carbonyl (C=O) groups is 2. The van der Waals surface area contributed by atoms with Crippen LogP contribution in [0.2, 0.25) is 0 Å². The van der Waals surface area contributed by atoms with Gasteiger partial charge in [0, 0.05) is 23.0 Å². The number of rotatable bonds is 5. The van der Waals surface area contributed by atoms with Gasteiger partial charge in [0.25, 0.3) is 15.9 Å². The predicted molar refractivity (Wildman–Crippen MR) is 101 cm³/mol. The third kappa shape index (κ3) is 3.52. The van der Waals surface area contributed by atoms with Crippen LogP contribution < -0.4 is 15.4 Å². The molecule has 1 aliphatic heterocycles. The Balaban J connectivity index is 1.57. The zero-order valence-electron chi connectivity index (χ0n) is 14.7. The number of nitrogens with one attached hydrogen (secondary N) is 3. The van der Waals surface area contributed by atoms with Gasteiger partial charge in [-0.2, -0.15) is 0 Å². The topological polar surface area (TPSA) is 104 Å². The second-order valence-electron chi connectivity index (χ2n) is 6.89. The van der Waals surface area contributed by atoms with E-state index in [-0.39, 0.29) is 22.8 Å². The Morgan fingerprint density at radius 2 is 1.93 bits per heavy atom. The largest absolute Gasteiger partial charge is 0.349 e. The summed E-state index contributed by atoms with van der Waals surface area (Å²) < 4.78 is 28.0. The quantitative estimate of drug-likeness (QED) is 0.735. The van der Waals surface area contributed by atoms with Gasteiger partial charge in [-0.25, -0.2) is 8.42 Å². The van der Waals surface area contributed by atoms with Gasteiger partial charge >= 0.3 is 0 Å². The van der Waals surface area contributed by atoms with Gasteiger partial charge in [-0.1, -0.05) is 6.07 Å². The first-order valence-electron chi connectivity index (χ1n) is 8.72. The molecule has 1 aliphatic carbocycles. The molecular weight excluding hydrogens is 366 g/mol. The minimum absolute atomic E-state index is 0.0671. The summed E-state index contributed by atoms with van der Waals surface area (Å²) in [5, 5.41) is 5.59. The van der Waals surface area contributed by atoms with E-state index in [0.717, 1.165) is 12.8 Å². The van der Waals surface area contributed by atoms with E-state index in [9.17, 15) is 18.0 Å². The summed E-state index contributed by atoms with van der Waals surface area (Å²) in [5.41, 5.74) is 1.99. The molecule has 0 saturated heterocycles. The van der Waals surface area contributed by atoms with Crippen molar-refractivity contribution in [2.45, 2.75) is 36.6 Å². The van der Waals surface area contributed by atoms with Crippen molar-refractivity contribution < 1.29 is 18.0 Å². The van der Waals surface area contributed by atoms with Gasteiger partial charge in [0.05, 0.1) is 10.8 Å². The lowest BCUT2D eigenvalue weighted by Gasteiger charge is -2.11. The molecule has 0 spiro atoms. The number of amides is 2. The average Bonchev–Trinajstić information content (AvgIpc) is 3.40. The van der Waals surface area contributed by atoms with Gasteiger partial charge in [0.2, 0.25) is 5.91 Å². The van der Waals surface area contributed by atoms with Crippen LogP contribution in [-0.4, -0.2) is 26.3 Å². The highest BCUT2D eigenvalue weighted by Crippen LogP contribution is 2.34. The Hall–Kier alpha value is -2.87. The first-order chi connectivity index (χ1) is 12.8. The van der Waals surface area contributed by atoms with Crippen molar-refractivity contribution >= 4 is 33.2 Å². The summed E-state index contributed by atoms with van der Waals surface area (Å²) >= 11 is 0. The summed E-state index contributed by atoms with van der Waals surface area (Å²) in [6, 6.07) is 11.1. The number of sulfonamides is 1. The van der Waals surface area contributed by atoms with Crippen LogP contribution in [-0.2, 0) is 14.8 Å². The lowest BCUT2D eigenvalue weighted by Crippen LogP contribution is -2.25. The van der Waals surface area contributed by atoms with Gasteiger partial charge in [-0.15, -0.1) is 0 Å². The van der Waals surface area contributed by atoms with E-state index in [1.807, 2.05) is 0 Å². The Morgan fingerprint density at radius 3 is 2.67 bits per heavy atom. The van der Waals surface area contributed by atoms with Crippen LogP contribution in [0.5, 0.6) is 0 Å². The molecule has 1 saturated carbocycles. The number of fused-ring (bicyclic) bond motifs is 1. The Kier molecular flexibility index (Phi) is 4.15. The second kappa shape index (κ2) is 6.38. The van der Waals surface area contributed by atoms with E-state index < -0.39 is 15.9 Å². The Labute approximate surface area is 157 Å². The molecule has 8 heteroatoms. The standard InChI is InChI=1S/C19H19N3O4S/c1-11-16-10-15(7-8-17(16)21-18(11)23)27(25,26)22-14-4-2-3-12(9-14)19(24)20-13-5-6-13/h2-4,7-11,13,22H,5-6H2,1H3,(H,20,24)(H,21,23)/t11-/m0/s1. The predicted octanol–water partition coefficient (Wildman–Crippen LogP) is 2.44. The summed E-state index contributed by atoms with van der Waals surface area (Å²) in [4.78, 5) is 24.0. The van der Waals surface area contributed by atoms with Gasteiger partial charge in [-0.05, 0) is 61.7 Å². The normalized spacial score (nSPS) is 18.6. The van der Waals surface area contributed by atoms with Crippen LogP contribution in [0, 0.1) is 0 Å². The summed E-state index contributed by atoms with van der Waals surface area (Å²) in [7, 11) is -3.85. The van der Waals surface area contributed by atoms with Crippen molar-refractivity contribution in [3.8, 4) is 0 Å². The molecule has 2 aromatic carbocycles. The molecule has 2 aromatic rings. The molecule has 1 heterocycles. The zero-order valence-corrected chi connectivity index (χ0v) is 15.5. The molecule has 3 N–H and O–H groups in total. The molecule has 0 aromatic heterocycles. The van der Waals surface area contributed by atoms with Crippen LogP contribution in [0.3, 0.4) is 0 Å². The van der Waals surface area contributed by atoms with Crippen LogP contribution in [0.15, 0.2) is 47.4 Å². The molecule has 0 bridgehead atoms. The van der Waals surface area contributed by atoms with Gasteiger partial charge in [0.15, 0.2) is 0 Å². The van der Waals surface area contributed by atoms with Gasteiger partial charge in [0.1, 0.15) is 0 Å². The van der Waals surface area contributed by atoms with Gasteiger partial charge < -0.3 is 10.6 Å². The van der Waals surface area contributed by atoms with E-state index in [2.05, 4.69) is 15.4 Å². The average molecular weight is 385 g/mol. The van der Waals surface area contributed by atoms with Crippen LogP contribution in [0.4, 0.5) is 11.4 Å².